The first-order valence-corrected chi connectivity index (χ1v) is 10.1. The number of piperidine rings is 2. The number of nitrogens with zero attached hydrogens (tertiary/aromatic N) is 4. The summed E-state index contributed by atoms with van der Waals surface area (Å²) >= 11 is 0. The number of nitriles is 1. The highest BCUT2D eigenvalue weighted by Crippen LogP contribution is 2.40. The zero-order valence-electron chi connectivity index (χ0n) is 16.2. The minimum absolute atomic E-state index is 0.127. The Morgan fingerprint density at radius 1 is 1.04 bits per heavy atom. The second-order valence-electron chi connectivity index (χ2n) is 8.15. The second-order valence-corrected chi connectivity index (χ2v) is 8.15. The number of carbonyl (C=O) groups is 1. The van der Waals surface area contributed by atoms with E-state index in [0.29, 0.717) is 11.0 Å². The molecule has 2 aliphatic heterocycles. The number of pyridine rings is 1. The van der Waals surface area contributed by atoms with Crippen LogP contribution in [-0.4, -0.2) is 46.9 Å². The third-order valence-corrected chi connectivity index (χ3v) is 6.27. The summed E-state index contributed by atoms with van der Waals surface area (Å²) in [5.41, 5.74) is 3.04. The van der Waals surface area contributed by atoms with E-state index < -0.39 is 0 Å². The number of rotatable bonds is 3. The van der Waals surface area contributed by atoms with E-state index in [0.717, 1.165) is 51.1 Å². The van der Waals surface area contributed by atoms with Crippen LogP contribution in [0.15, 0.2) is 48.8 Å². The summed E-state index contributed by atoms with van der Waals surface area (Å²) in [6, 6.07) is 13.7. The van der Waals surface area contributed by atoms with Crippen LogP contribution in [0.1, 0.15) is 47.2 Å². The average Bonchev–Trinajstić information content (AvgIpc) is 2.75. The molecule has 1 aromatic carbocycles. The van der Waals surface area contributed by atoms with E-state index in [1.54, 1.807) is 24.5 Å². The number of benzene rings is 1. The smallest absolute Gasteiger partial charge is 0.253 e. The predicted molar refractivity (Wildman–Crippen MR) is 107 cm³/mol. The lowest BCUT2D eigenvalue weighted by Crippen LogP contribution is -2.50. The Bertz CT molecular complexity index is 848. The number of carbonyl (C=O) groups excluding carboxylic acids is 1. The third-order valence-electron chi connectivity index (χ3n) is 6.27. The van der Waals surface area contributed by atoms with Crippen LogP contribution in [0, 0.1) is 16.7 Å². The highest BCUT2D eigenvalue weighted by atomic mass is 16.2. The highest BCUT2D eigenvalue weighted by Gasteiger charge is 2.39. The molecule has 28 heavy (non-hydrogen) atoms. The normalized spacial score (nSPS) is 19.3. The molecule has 5 heteroatoms. The van der Waals surface area contributed by atoms with E-state index in [9.17, 15) is 4.79 Å². The Balaban J connectivity index is 1.35. The van der Waals surface area contributed by atoms with E-state index in [2.05, 4.69) is 28.1 Å². The second kappa shape index (κ2) is 8.12. The molecule has 144 valence electrons. The minimum atomic E-state index is 0.127. The van der Waals surface area contributed by atoms with E-state index >= 15 is 0 Å². The van der Waals surface area contributed by atoms with Crippen LogP contribution < -0.4 is 0 Å². The van der Waals surface area contributed by atoms with Gasteiger partial charge in [-0.25, -0.2) is 0 Å². The summed E-state index contributed by atoms with van der Waals surface area (Å²) in [5.74, 6) is 0.127. The van der Waals surface area contributed by atoms with Crippen LogP contribution in [0.25, 0.3) is 0 Å². The molecule has 0 radical (unpaired) electrons. The quantitative estimate of drug-likeness (QED) is 0.825. The minimum Gasteiger partial charge on any atom is -0.339 e. The molecular weight excluding hydrogens is 348 g/mol. The number of aromatic nitrogens is 1. The summed E-state index contributed by atoms with van der Waals surface area (Å²) in [5, 5.41) is 8.96. The van der Waals surface area contributed by atoms with Crippen molar-refractivity contribution in [3.63, 3.8) is 0 Å². The molecular formula is C23H26N4O. The van der Waals surface area contributed by atoms with Crippen molar-refractivity contribution in [2.75, 3.05) is 26.2 Å². The van der Waals surface area contributed by atoms with Gasteiger partial charge in [-0.05, 0) is 67.5 Å². The summed E-state index contributed by atoms with van der Waals surface area (Å²) in [4.78, 5) is 21.2. The molecule has 4 rings (SSSR count). The van der Waals surface area contributed by atoms with E-state index in [-0.39, 0.29) is 5.91 Å². The molecule has 0 unspecified atom stereocenters. The molecule has 0 N–H and O–H groups in total. The molecule has 3 heterocycles. The van der Waals surface area contributed by atoms with Crippen LogP contribution in [0.5, 0.6) is 0 Å². The van der Waals surface area contributed by atoms with Crippen molar-refractivity contribution in [1.82, 2.24) is 14.8 Å². The SMILES string of the molecule is N#Cc1ccc(CN2CCCC3(CCN(C(=O)c4ccncc4)CC3)C2)cc1. The number of likely N-dealkylation sites (tertiary alicyclic amines) is 2. The lowest BCUT2D eigenvalue weighted by atomic mass is 9.72. The zero-order chi connectivity index (χ0) is 19.4. The van der Waals surface area contributed by atoms with Gasteiger partial charge < -0.3 is 4.90 Å². The van der Waals surface area contributed by atoms with Crippen molar-refractivity contribution in [3.8, 4) is 6.07 Å². The Hall–Kier alpha value is -2.71. The first-order valence-electron chi connectivity index (χ1n) is 10.1. The predicted octanol–water partition coefficient (Wildman–Crippen LogP) is 3.47. The maximum absolute atomic E-state index is 12.7. The van der Waals surface area contributed by atoms with Crippen molar-refractivity contribution in [3.05, 3.63) is 65.5 Å². The van der Waals surface area contributed by atoms with E-state index in [4.69, 9.17) is 5.26 Å². The summed E-state index contributed by atoms with van der Waals surface area (Å²) in [6.07, 6.45) is 7.99. The van der Waals surface area contributed by atoms with Gasteiger partial charge in [-0.3, -0.25) is 14.7 Å². The van der Waals surface area contributed by atoms with Crippen molar-refractivity contribution >= 4 is 5.91 Å². The molecule has 1 spiro atoms. The Morgan fingerprint density at radius 3 is 2.43 bits per heavy atom. The summed E-state index contributed by atoms with van der Waals surface area (Å²) in [7, 11) is 0. The van der Waals surface area contributed by atoms with E-state index in [1.165, 1.54) is 18.4 Å². The molecule has 2 aromatic rings. The lowest BCUT2D eigenvalue weighted by molar-refractivity contribution is 0.0198. The highest BCUT2D eigenvalue weighted by molar-refractivity contribution is 5.94. The van der Waals surface area contributed by atoms with Gasteiger partial charge in [0.05, 0.1) is 11.6 Å². The molecule has 0 bridgehead atoms. The van der Waals surface area contributed by atoms with Gasteiger partial charge in [0, 0.05) is 44.1 Å². The fraction of sp³-hybridized carbons (Fsp3) is 0.435. The van der Waals surface area contributed by atoms with Gasteiger partial charge in [0.1, 0.15) is 0 Å². The Kier molecular flexibility index (Phi) is 5.40. The molecule has 1 aromatic heterocycles. The van der Waals surface area contributed by atoms with Gasteiger partial charge >= 0.3 is 0 Å². The number of hydrogen-bond donors (Lipinski definition) is 0. The summed E-state index contributed by atoms with van der Waals surface area (Å²) in [6.45, 7) is 4.84. The van der Waals surface area contributed by atoms with Crippen molar-refractivity contribution in [1.29, 1.82) is 5.26 Å². The van der Waals surface area contributed by atoms with Crippen LogP contribution in [0.2, 0.25) is 0 Å². The fourth-order valence-electron chi connectivity index (χ4n) is 4.66. The number of hydrogen-bond acceptors (Lipinski definition) is 4. The molecule has 0 atom stereocenters. The van der Waals surface area contributed by atoms with Crippen LogP contribution in [-0.2, 0) is 6.54 Å². The van der Waals surface area contributed by atoms with Crippen LogP contribution >= 0.6 is 0 Å². The van der Waals surface area contributed by atoms with Crippen molar-refractivity contribution in [2.24, 2.45) is 5.41 Å². The average molecular weight is 374 g/mol. The van der Waals surface area contributed by atoms with Gasteiger partial charge in [-0.1, -0.05) is 12.1 Å². The van der Waals surface area contributed by atoms with Crippen LogP contribution in [0.4, 0.5) is 0 Å². The maximum atomic E-state index is 12.7. The first kappa shape index (κ1) is 18.6. The van der Waals surface area contributed by atoms with Gasteiger partial charge in [-0.2, -0.15) is 5.26 Å². The van der Waals surface area contributed by atoms with Crippen molar-refractivity contribution < 1.29 is 4.79 Å². The molecule has 2 saturated heterocycles. The van der Waals surface area contributed by atoms with Gasteiger partial charge in [0.15, 0.2) is 0 Å². The molecule has 2 fully saturated rings. The van der Waals surface area contributed by atoms with Gasteiger partial charge in [0.2, 0.25) is 0 Å². The van der Waals surface area contributed by atoms with Gasteiger partial charge in [0.25, 0.3) is 5.91 Å². The molecule has 0 aliphatic carbocycles. The molecule has 1 amide bonds. The number of amides is 1. The van der Waals surface area contributed by atoms with Crippen molar-refractivity contribution in [2.45, 2.75) is 32.2 Å². The van der Waals surface area contributed by atoms with Gasteiger partial charge in [-0.15, -0.1) is 0 Å². The molecule has 2 aliphatic rings. The fourth-order valence-corrected chi connectivity index (χ4v) is 4.66. The standard InChI is InChI=1S/C23H26N4O/c24-16-19-2-4-20(5-3-19)17-26-13-1-8-23(18-26)9-14-27(15-10-23)22(28)21-6-11-25-12-7-21/h2-7,11-12H,1,8-10,13-15,17-18H2. The Labute approximate surface area is 166 Å². The topological polar surface area (TPSA) is 60.2 Å². The monoisotopic (exact) mass is 374 g/mol. The maximum Gasteiger partial charge on any atom is 0.253 e. The molecule has 5 nitrogen and oxygen atoms in total. The first-order chi connectivity index (χ1) is 13.7. The van der Waals surface area contributed by atoms with Crippen LogP contribution in [0.3, 0.4) is 0 Å². The zero-order valence-corrected chi connectivity index (χ0v) is 16.2. The Morgan fingerprint density at radius 2 is 1.75 bits per heavy atom. The summed E-state index contributed by atoms with van der Waals surface area (Å²) < 4.78 is 0. The molecule has 0 saturated carbocycles. The third kappa shape index (κ3) is 4.07. The largest absolute Gasteiger partial charge is 0.339 e. The lowest BCUT2D eigenvalue weighted by Gasteiger charge is -2.47. The van der Waals surface area contributed by atoms with E-state index in [1.807, 2.05) is 17.0 Å².